The number of nitrogens with one attached hydrogen (secondary N) is 1. The van der Waals surface area contributed by atoms with Crippen LogP contribution in [0, 0.1) is 0 Å². The fourth-order valence-electron chi connectivity index (χ4n) is 1.72. The van der Waals surface area contributed by atoms with Crippen molar-refractivity contribution in [2.45, 2.75) is 39.7 Å². The molecule has 0 aliphatic rings. The fraction of sp³-hybridized carbons (Fsp3) is 0.562. The zero-order chi connectivity index (χ0) is 18.4. The van der Waals surface area contributed by atoms with E-state index in [1.54, 1.807) is 17.0 Å². The molecule has 0 aliphatic heterocycles. The summed E-state index contributed by atoms with van der Waals surface area (Å²) in [6.07, 6.45) is 0.904. The van der Waals surface area contributed by atoms with Gasteiger partial charge in [0.15, 0.2) is 0 Å². The molecule has 0 bridgehead atoms. The van der Waals surface area contributed by atoms with Crippen LogP contribution in [0.1, 0.15) is 34.1 Å². The van der Waals surface area contributed by atoms with Gasteiger partial charge in [0.2, 0.25) is 23.7 Å². The Balaban J connectivity index is 2.19. The Bertz CT molecular complexity index is 684. The van der Waals surface area contributed by atoms with Crippen LogP contribution in [-0.4, -0.2) is 51.4 Å². The Labute approximate surface area is 147 Å². The Morgan fingerprint density at radius 3 is 2.28 bits per heavy atom. The molecule has 0 aromatic carbocycles. The molecule has 2 heterocycles. The summed E-state index contributed by atoms with van der Waals surface area (Å²) in [7, 11) is 3.69. The first-order valence-electron chi connectivity index (χ1n) is 8.13. The molecule has 1 N–H and O–H groups in total. The van der Waals surface area contributed by atoms with Gasteiger partial charge >= 0.3 is 6.01 Å². The topological polar surface area (TPSA) is 98.2 Å². The molecule has 0 atom stereocenters. The van der Waals surface area contributed by atoms with E-state index >= 15 is 0 Å². The molecule has 0 saturated carbocycles. The number of hydrogen-bond donors (Lipinski definition) is 1. The maximum absolute atomic E-state index is 5.63. The summed E-state index contributed by atoms with van der Waals surface area (Å²) in [4.78, 5) is 14.7. The fourth-order valence-corrected chi connectivity index (χ4v) is 1.72. The van der Waals surface area contributed by atoms with Crippen LogP contribution in [-0.2, 0) is 0 Å². The Morgan fingerprint density at radius 1 is 1.04 bits per heavy atom. The number of rotatable bonds is 7. The molecule has 136 valence electrons. The van der Waals surface area contributed by atoms with Crippen LogP contribution in [0.25, 0.3) is 0 Å². The zero-order valence-corrected chi connectivity index (χ0v) is 15.6. The smallest absolute Gasteiger partial charge is 0.330 e. The van der Waals surface area contributed by atoms with Crippen LogP contribution in [0.5, 0.6) is 17.8 Å². The average Bonchev–Trinajstić information content (AvgIpc) is 2.52. The molecule has 25 heavy (non-hydrogen) atoms. The van der Waals surface area contributed by atoms with Crippen LogP contribution in [0.15, 0.2) is 12.1 Å². The third kappa shape index (κ3) is 6.02. The SMILES string of the molecule is CCCOc1ccc(Oc2nc(NC(C)(C)C)nc(N(C)C)n2)nn1. The van der Waals surface area contributed by atoms with E-state index in [1.165, 1.54) is 0 Å². The van der Waals surface area contributed by atoms with E-state index in [2.05, 4.69) is 30.5 Å². The maximum Gasteiger partial charge on any atom is 0.330 e. The van der Waals surface area contributed by atoms with Gasteiger partial charge in [0.25, 0.3) is 0 Å². The van der Waals surface area contributed by atoms with E-state index in [0.29, 0.717) is 24.4 Å². The van der Waals surface area contributed by atoms with E-state index in [0.717, 1.165) is 6.42 Å². The molecule has 2 aromatic heterocycles. The quantitative estimate of drug-likeness (QED) is 0.810. The summed E-state index contributed by atoms with van der Waals surface area (Å²) in [6, 6.07) is 3.50. The Kier molecular flexibility index (Phi) is 5.89. The monoisotopic (exact) mass is 347 g/mol. The van der Waals surface area contributed by atoms with Gasteiger partial charge < -0.3 is 19.7 Å². The minimum absolute atomic E-state index is 0.141. The summed E-state index contributed by atoms with van der Waals surface area (Å²) in [6.45, 7) is 8.68. The lowest BCUT2D eigenvalue weighted by atomic mass is 10.1. The van der Waals surface area contributed by atoms with Crippen LogP contribution < -0.4 is 19.7 Å². The van der Waals surface area contributed by atoms with Crippen molar-refractivity contribution >= 4 is 11.9 Å². The second-order valence-electron chi connectivity index (χ2n) is 6.67. The summed E-state index contributed by atoms with van der Waals surface area (Å²) >= 11 is 0. The molecule has 0 aliphatic carbocycles. The molecule has 9 nitrogen and oxygen atoms in total. The summed E-state index contributed by atoms with van der Waals surface area (Å²) < 4.78 is 11.0. The standard InChI is InChI=1S/C16H25N7O2/c1-7-10-24-11-8-9-12(22-21-11)25-15-18-13(20-16(2,3)4)17-14(19-15)23(5)6/h8-9H,7,10H2,1-6H3,(H,17,18,19,20). The lowest BCUT2D eigenvalue weighted by molar-refractivity contribution is 0.298. The van der Waals surface area contributed by atoms with E-state index < -0.39 is 0 Å². The van der Waals surface area contributed by atoms with Crippen LogP contribution >= 0.6 is 0 Å². The lowest BCUT2D eigenvalue weighted by Gasteiger charge is -2.21. The number of hydrogen-bond acceptors (Lipinski definition) is 9. The third-order valence-electron chi connectivity index (χ3n) is 2.76. The van der Waals surface area contributed by atoms with E-state index in [4.69, 9.17) is 9.47 Å². The molecule has 2 rings (SSSR count). The van der Waals surface area contributed by atoms with Crippen molar-refractivity contribution < 1.29 is 9.47 Å². The van der Waals surface area contributed by atoms with Gasteiger partial charge in [-0.3, -0.25) is 0 Å². The Morgan fingerprint density at radius 2 is 1.72 bits per heavy atom. The Hall–Kier alpha value is -2.71. The molecule has 9 heteroatoms. The maximum atomic E-state index is 5.63. The summed E-state index contributed by atoms with van der Waals surface area (Å²) in [5.41, 5.74) is -0.194. The normalized spacial score (nSPS) is 11.1. The highest BCUT2D eigenvalue weighted by Crippen LogP contribution is 2.21. The zero-order valence-electron chi connectivity index (χ0n) is 15.6. The highest BCUT2D eigenvalue weighted by Gasteiger charge is 2.16. The van der Waals surface area contributed by atoms with Crippen molar-refractivity contribution in [3.63, 3.8) is 0 Å². The van der Waals surface area contributed by atoms with Crippen LogP contribution in [0.4, 0.5) is 11.9 Å². The van der Waals surface area contributed by atoms with Gasteiger partial charge in [-0.25, -0.2) is 0 Å². The van der Waals surface area contributed by atoms with Gasteiger partial charge in [-0.2, -0.15) is 15.0 Å². The molecule has 2 aromatic rings. The van der Waals surface area contributed by atoms with Crippen molar-refractivity contribution in [3.05, 3.63) is 12.1 Å². The predicted octanol–water partition coefficient (Wildman–Crippen LogP) is 2.52. The number of ether oxygens (including phenoxy) is 2. The van der Waals surface area contributed by atoms with Gasteiger partial charge in [0.05, 0.1) is 6.61 Å². The molecule has 0 spiro atoms. The number of anilines is 2. The molecule has 0 unspecified atom stereocenters. The highest BCUT2D eigenvalue weighted by atomic mass is 16.5. The van der Waals surface area contributed by atoms with Crippen molar-refractivity contribution in [2.75, 3.05) is 30.9 Å². The van der Waals surface area contributed by atoms with Crippen molar-refractivity contribution in [1.82, 2.24) is 25.1 Å². The van der Waals surface area contributed by atoms with Crippen molar-refractivity contribution in [2.24, 2.45) is 0 Å². The van der Waals surface area contributed by atoms with Gasteiger partial charge in [-0.05, 0) is 27.2 Å². The van der Waals surface area contributed by atoms with E-state index in [1.807, 2.05) is 41.8 Å². The molecular formula is C16H25N7O2. The number of aromatic nitrogens is 5. The van der Waals surface area contributed by atoms with Crippen molar-refractivity contribution in [3.8, 4) is 17.8 Å². The van der Waals surface area contributed by atoms with Gasteiger partial charge in [-0.15, -0.1) is 10.2 Å². The molecule has 0 amide bonds. The first kappa shape index (κ1) is 18.6. The highest BCUT2D eigenvalue weighted by molar-refractivity contribution is 5.39. The first-order chi connectivity index (χ1) is 11.8. The third-order valence-corrected chi connectivity index (χ3v) is 2.76. The van der Waals surface area contributed by atoms with Gasteiger partial charge in [-0.1, -0.05) is 6.92 Å². The number of nitrogens with zero attached hydrogens (tertiary/aromatic N) is 6. The van der Waals surface area contributed by atoms with Crippen molar-refractivity contribution in [1.29, 1.82) is 0 Å². The largest absolute Gasteiger partial charge is 0.477 e. The molecular weight excluding hydrogens is 322 g/mol. The molecule has 0 radical (unpaired) electrons. The summed E-state index contributed by atoms with van der Waals surface area (Å²) in [5.74, 6) is 1.64. The van der Waals surface area contributed by atoms with E-state index in [-0.39, 0.29) is 17.4 Å². The second kappa shape index (κ2) is 7.91. The lowest BCUT2D eigenvalue weighted by Crippen LogP contribution is -2.28. The van der Waals surface area contributed by atoms with E-state index in [9.17, 15) is 0 Å². The minimum atomic E-state index is -0.194. The first-order valence-corrected chi connectivity index (χ1v) is 8.13. The van der Waals surface area contributed by atoms with Crippen LogP contribution in [0.2, 0.25) is 0 Å². The molecule has 0 saturated heterocycles. The second-order valence-corrected chi connectivity index (χ2v) is 6.67. The van der Waals surface area contributed by atoms with Gasteiger partial charge in [0.1, 0.15) is 0 Å². The predicted molar refractivity (Wildman–Crippen MR) is 95.4 cm³/mol. The van der Waals surface area contributed by atoms with Gasteiger partial charge in [0, 0.05) is 31.8 Å². The van der Waals surface area contributed by atoms with Crippen LogP contribution in [0.3, 0.4) is 0 Å². The molecule has 0 fully saturated rings. The average molecular weight is 347 g/mol. The minimum Gasteiger partial charge on any atom is -0.477 e. The summed E-state index contributed by atoms with van der Waals surface area (Å²) in [5, 5.41) is 11.1.